The monoisotopic (exact) mass is 279 g/mol. The first-order valence-corrected chi connectivity index (χ1v) is 6.61. The van der Waals surface area contributed by atoms with Crippen LogP contribution in [0.1, 0.15) is 19.4 Å². The number of alkyl halides is 1. The highest BCUT2D eigenvalue weighted by Crippen LogP contribution is 2.29. The molecule has 0 amide bonds. The van der Waals surface area contributed by atoms with E-state index in [-0.39, 0.29) is 6.10 Å². The van der Waals surface area contributed by atoms with Gasteiger partial charge >= 0.3 is 0 Å². The number of aromatic nitrogens is 1. The van der Waals surface area contributed by atoms with Gasteiger partial charge in [-0.15, -0.1) is 11.6 Å². The summed E-state index contributed by atoms with van der Waals surface area (Å²) in [6, 6.07) is 9.02. The molecule has 0 spiro atoms. The van der Waals surface area contributed by atoms with Crippen LogP contribution < -0.4 is 4.74 Å². The van der Waals surface area contributed by atoms with Crippen molar-refractivity contribution in [3.8, 4) is 17.0 Å². The number of rotatable bonds is 4. The molecule has 1 heterocycles. The van der Waals surface area contributed by atoms with Crippen molar-refractivity contribution in [3.63, 3.8) is 0 Å². The Kier molecular flexibility index (Phi) is 4.38. The summed E-state index contributed by atoms with van der Waals surface area (Å²) in [7, 11) is 0. The zero-order valence-corrected chi connectivity index (χ0v) is 11.6. The van der Waals surface area contributed by atoms with Gasteiger partial charge in [0.15, 0.2) is 0 Å². The van der Waals surface area contributed by atoms with E-state index in [9.17, 15) is 4.39 Å². The second kappa shape index (κ2) is 6.02. The maximum absolute atomic E-state index is 13.3. The van der Waals surface area contributed by atoms with E-state index in [0.717, 1.165) is 11.1 Å². The molecule has 0 radical (unpaired) electrons. The van der Waals surface area contributed by atoms with Crippen LogP contribution in [0.2, 0.25) is 0 Å². The molecule has 0 saturated carbocycles. The van der Waals surface area contributed by atoms with E-state index >= 15 is 0 Å². The van der Waals surface area contributed by atoms with Crippen LogP contribution in [0.5, 0.6) is 5.75 Å². The third kappa shape index (κ3) is 3.44. The first kappa shape index (κ1) is 13.8. The minimum absolute atomic E-state index is 0.0375. The normalized spacial score (nSPS) is 10.8. The molecule has 1 aromatic heterocycles. The van der Waals surface area contributed by atoms with Gasteiger partial charge < -0.3 is 4.74 Å². The second-order valence-electron chi connectivity index (χ2n) is 4.50. The molecule has 2 rings (SSSR count). The van der Waals surface area contributed by atoms with Gasteiger partial charge in [-0.25, -0.2) is 9.37 Å². The van der Waals surface area contributed by atoms with Gasteiger partial charge in [-0.2, -0.15) is 0 Å². The van der Waals surface area contributed by atoms with Crippen LogP contribution in [0.4, 0.5) is 4.39 Å². The van der Waals surface area contributed by atoms with E-state index in [4.69, 9.17) is 16.3 Å². The Hall–Kier alpha value is -1.61. The summed E-state index contributed by atoms with van der Waals surface area (Å²) in [6.07, 6.45) is 1.15. The number of hydrogen-bond donors (Lipinski definition) is 0. The summed E-state index contributed by atoms with van der Waals surface area (Å²) in [5.74, 6) is 0.511. The van der Waals surface area contributed by atoms with Crippen molar-refractivity contribution < 1.29 is 9.13 Å². The summed E-state index contributed by atoms with van der Waals surface area (Å²) in [5, 5.41) is 0. The largest absolute Gasteiger partial charge is 0.489 e. The molecule has 19 heavy (non-hydrogen) atoms. The molecule has 0 aliphatic rings. The van der Waals surface area contributed by atoms with Crippen molar-refractivity contribution in [1.29, 1.82) is 0 Å². The number of benzene rings is 1. The summed E-state index contributed by atoms with van der Waals surface area (Å²) in [5.41, 5.74) is 2.54. The Morgan fingerprint density at radius 2 is 1.95 bits per heavy atom. The predicted octanol–water partition coefficient (Wildman–Crippen LogP) is 4.41. The van der Waals surface area contributed by atoms with Crippen LogP contribution in [0, 0.1) is 5.82 Å². The standard InChI is InChI=1S/C15H15ClFNO/c1-10(2)19-14-7-13(17)9-18-15(14)12-5-3-11(8-16)4-6-12/h3-7,9-10H,8H2,1-2H3. The maximum atomic E-state index is 13.3. The van der Waals surface area contributed by atoms with Crippen LogP contribution in [0.15, 0.2) is 36.5 Å². The van der Waals surface area contributed by atoms with Gasteiger partial charge in [0, 0.05) is 17.5 Å². The fraction of sp³-hybridized carbons (Fsp3) is 0.267. The minimum atomic E-state index is -0.406. The fourth-order valence-electron chi connectivity index (χ4n) is 1.73. The lowest BCUT2D eigenvalue weighted by atomic mass is 10.1. The van der Waals surface area contributed by atoms with E-state index in [1.807, 2.05) is 38.1 Å². The third-order valence-corrected chi connectivity index (χ3v) is 2.87. The molecule has 100 valence electrons. The van der Waals surface area contributed by atoms with E-state index in [0.29, 0.717) is 17.3 Å². The lowest BCUT2D eigenvalue weighted by Crippen LogP contribution is -2.07. The molecule has 0 aliphatic carbocycles. The molecule has 0 saturated heterocycles. The molecule has 0 fully saturated rings. The highest BCUT2D eigenvalue weighted by atomic mass is 35.5. The van der Waals surface area contributed by atoms with E-state index < -0.39 is 5.82 Å². The van der Waals surface area contributed by atoms with Crippen molar-refractivity contribution in [1.82, 2.24) is 4.98 Å². The van der Waals surface area contributed by atoms with Crippen molar-refractivity contribution in [2.75, 3.05) is 0 Å². The van der Waals surface area contributed by atoms with Gasteiger partial charge in [0.2, 0.25) is 0 Å². The van der Waals surface area contributed by atoms with Gasteiger partial charge in [0.1, 0.15) is 17.3 Å². The van der Waals surface area contributed by atoms with Crippen LogP contribution in [-0.2, 0) is 5.88 Å². The molecule has 0 aliphatic heterocycles. The Morgan fingerprint density at radius 1 is 1.26 bits per heavy atom. The molecular formula is C15H15ClFNO. The first-order valence-electron chi connectivity index (χ1n) is 6.07. The minimum Gasteiger partial charge on any atom is -0.489 e. The van der Waals surface area contributed by atoms with Crippen LogP contribution in [-0.4, -0.2) is 11.1 Å². The Labute approximate surface area is 117 Å². The molecule has 0 unspecified atom stereocenters. The Bertz CT molecular complexity index is 555. The highest BCUT2D eigenvalue weighted by Gasteiger charge is 2.11. The lowest BCUT2D eigenvalue weighted by molar-refractivity contribution is 0.241. The summed E-state index contributed by atoms with van der Waals surface area (Å²) < 4.78 is 18.9. The molecular weight excluding hydrogens is 265 g/mol. The third-order valence-electron chi connectivity index (χ3n) is 2.56. The summed E-state index contributed by atoms with van der Waals surface area (Å²) >= 11 is 5.76. The van der Waals surface area contributed by atoms with Crippen LogP contribution in [0.3, 0.4) is 0 Å². The van der Waals surface area contributed by atoms with Crippen molar-refractivity contribution in [2.24, 2.45) is 0 Å². The number of pyridine rings is 1. The number of halogens is 2. The van der Waals surface area contributed by atoms with E-state index in [2.05, 4.69) is 4.98 Å². The number of nitrogens with zero attached hydrogens (tertiary/aromatic N) is 1. The highest BCUT2D eigenvalue weighted by molar-refractivity contribution is 6.17. The molecule has 0 atom stereocenters. The van der Waals surface area contributed by atoms with E-state index in [1.54, 1.807) is 0 Å². The molecule has 2 nitrogen and oxygen atoms in total. The maximum Gasteiger partial charge on any atom is 0.148 e. The zero-order chi connectivity index (χ0) is 13.8. The van der Waals surface area contributed by atoms with E-state index in [1.165, 1.54) is 12.3 Å². The number of hydrogen-bond acceptors (Lipinski definition) is 2. The lowest BCUT2D eigenvalue weighted by Gasteiger charge is -2.13. The van der Waals surface area contributed by atoms with Gasteiger partial charge in [0.25, 0.3) is 0 Å². The summed E-state index contributed by atoms with van der Waals surface area (Å²) in [4.78, 5) is 4.12. The quantitative estimate of drug-likeness (QED) is 0.773. The smallest absolute Gasteiger partial charge is 0.148 e. The van der Waals surface area contributed by atoms with Gasteiger partial charge in [-0.05, 0) is 19.4 Å². The average Bonchev–Trinajstić information content (AvgIpc) is 2.38. The van der Waals surface area contributed by atoms with Crippen molar-refractivity contribution in [2.45, 2.75) is 25.8 Å². The van der Waals surface area contributed by atoms with Gasteiger partial charge in [-0.3, -0.25) is 0 Å². The Balaban J connectivity index is 2.41. The van der Waals surface area contributed by atoms with Crippen molar-refractivity contribution in [3.05, 3.63) is 47.9 Å². The Morgan fingerprint density at radius 3 is 2.53 bits per heavy atom. The molecule has 1 aromatic carbocycles. The fourth-order valence-corrected chi connectivity index (χ4v) is 1.91. The molecule has 0 bridgehead atoms. The van der Waals surface area contributed by atoms with Crippen LogP contribution >= 0.6 is 11.6 Å². The topological polar surface area (TPSA) is 22.1 Å². The number of ether oxygens (including phenoxy) is 1. The molecule has 4 heteroatoms. The summed E-state index contributed by atoms with van der Waals surface area (Å²) in [6.45, 7) is 3.79. The zero-order valence-electron chi connectivity index (χ0n) is 10.9. The van der Waals surface area contributed by atoms with Crippen LogP contribution in [0.25, 0.3) is 11.3 Å². The van der Waals surface area contributed by atoms with Gasteiger partial charge in [0.05, 0.1) is 12.3 Å². The second-order valence-corrected chi connectivity index (χ2v) is 4.76. The average molecular weight is 280 g/mol. The first-order chi connectivity index (χ1) is 9.10. The van der Waals surface area contributed by atoms with Crippen molar-refractivity contribution >= 4 is 11.6 Å². The van der Waals surface area contributed by atoms with Gasteiger partial charge in [-0.1, -0.05) is 24.3 Å². The predicted molar refractivity (Wildman–Crippen MR) is 75.0 cm³/mol. The molecule has 0 N–H and O–H groups in total. The molecule has 2 aromatic rings. The SMILES string of the molecule is CC(C)Oc1cc(F)cnc1-c1ccc(CCl)cc1.